The van der Waals surface area contributed by atoms with Crippen LogP contribution in [0.3, 0.4) is 0 Å². The van der Waals surface area contributed by atoms with Crippen molar-refractivity contribution in [3.63, 3.8) is 0 Å². The van der Waals surface area contributed by atoms with Gasteiger partial charge in [-0.3, -0.25) is 14.4 Å². The molecular formula is C28H42N2O5. The molecule has 0 radical (unpaired) electrons. The third-order valence-corrected chi connectivity index (χ3v) is 5.85. The Kier molecular flexibility index (Phi) is 14.3. The molecule has 0 aliphatic carbocycles. The first-order valence-corrected chi connectivity index (χ1v) is 12.3. The number of hydrogen-bond acceptors (Lipinski definition) is 5. The molecule has 2 amide bonds. The summed E-state index contributed by atoms with van der Waals surface area (Å²) in [6, 6.07) is 9.02. The van der Waals surface area contributed by atoms with Gasteiger partial charge in [0.15, 0.2) is 0 Å². The lowest BCUT2D eigenvalue weighted by Gasteiger charge is -2.26. The Morgan fingerprint density at radius 3 is 2.29 bits per heavy atom. The molecule has 0 spiro atoms. The number of allylic oxidation sites excluding steroid dienone is 2. The Bertz CT molecular complexity index is 809. The molecule has 0 heterocycles. The molecule has 0 aromatic heterocycles. The van der Waals surface area contributed by atoms with E-state index in [-0.39, 0.29) is 55.3 Å². The monoisotopic (exact) mass is 486 g/mol. The van der Waals surface area contributed by atoms with Crippen LogP contribution in [0.15, 0.2) is 55.6 Å². The number of esters is 1. The number of benzene rings is 1. The molecule has 0 aliphatic heterocycles. The zero-order valence-corrected chi connectivity index (χ0v) is 21.4. The molecule has 7 nitrogen and oxygen atoms in total. The zero-order chi connectivity index (χ0) is 26.2. The van der Waals surface area contributed by atoms with E-state index in [2.05, 4.69) is 23.8 Å². The van der Waals surface area contributed by atoms with Gasteiger partial charge in [0, 0.05) is 12.5 Å². The van der Waals surface area contributed by atoms with Crippen molar-refractivity contribution in [2.45, 2.75) is 65.0 Å². The topological polar surface area (TPSA) is 105 Å². The van der Waals surface area contributed by atoms with Crippen LogP contribution in [0.4, 0.5) is 0 Å². The number of aliphatic hydroxyl groups is 1. The van der Waals surface area contributed by atoms with Gasteiger partial charge in [0.05, 0.1) is 24.5 Å². The van der Waals surface area contributed by atoms with Crippen LogP contribution in [-0.4, -0.2) is 48.2 Å². The van der Waals surface area contributed by atoms with Gasteiger partial charge in [-0.05, 0) is 44.1 Å². The molecule has 4 atom stereocenters. The standard InChI is InChI=1S/C28H42N2O5/c1-6-8-15-24(16-22-13-10-9-11-14-22)28(34)35-19-25(20(3)4)30-27(33)23(12-7-2)17-26(32)29-21(5)18-31/h6-7,9-11,13-14,20-21,23-25,31H,1-2,8,12,15-19H2,3-5H3,(H,29,32)(H,30,33)/t21-,23-,24+,25+/m0/s1. The van der Waals surface area contributed by atoms with Crippen molar-refractivity contribution in [2.75, 3.05) is 13.2 Å². The molecule has 3 N–H and O–H groups in total. The molecule has 0 saturated carbocycles. The summed E-state index contributed by atoms with van der Waals surface area (Å²) in [6.07, 6.45) is 5.63. The lowest BCUT2D eigenvalue weighted by molar-refractivity contribution is -0.150. The van der Waals surface area contributed by atoms with Crippen LogP contribution in [0.2, 0.25) is 0 Å². The van der Waals surface area contributed by atoms with Gasteiger partial charge < -0.3 is 20.5 Å². The van der Waals surface area contributed by atoms with Crippen molar-refractivity contribution in [1.82, 2.24) is 10.6 Å². The summed E-state index contributed by atoms with van der Waals surface area (Å²) >= 11 is 0. The van der Waals surface area contributed by atoms with Gasteiger partial charge in [0.1, 0.15) is 6.61 Å². The highest BCUT2D eigenvalue weighted by Crippen LogP contribution is 2.18. The Morgan fingerprint density at radius 2 is 1.71 bits per heavy atom. The van der Waals surface area contributed by atoms with Crippen LogP contribution in [0.5, 0.6) is 0 Å². The van der Waals surface area contributed by atoms with Crippen molar-refractivity contribution in [2.24, 2.45) is 17.8 Å². The van der Waals surface area contributed by atoms with Crippen molar-refractivity contribution in [3.8, 4) is 0 Å². The summed E-state index contributed by atoms with van der Waals surface area (Å²) in [5.41, 5.74) is 1.06. The number of rotatable bonds is 17. The molecule has 1 aromatic rings. The number of ether oxygens (including phenoxy) is 1. The Balaban J connectivity index is 2.77. The zero-order valence-electron chi connectivity index (χ0n) is 21.4. The maximum Gasteiger partial charge on any atom is 0.309 e. The van der Waals surface area contributed by atoms with Crippen LogP contribution in [-0.2, 0) is 25.5 Å². The van der Waals surface area contributed by atoms with Gasteiger partial charge in [-0.1, -0.05) is 56.3 Å². The molecule has 35 heavy (non-hydrogen) atoms. The maximum absolute atomic E-state index is 13.0. The minimum Gasteiger partial charge on any atom is -0.463 e. The van der Waals surface area contributed by atoms with Crippen molar-refractivity contribution in [3.05, 3.63) is 61.2 Å². The predicted octanol–water partition coefficient (Wildman–Crippen LogP) is 3.57. The second-order valence-electron chi connectivity index (χ2n) is 9.32. The molecular weight excluding hydrogens is 444 g/mol. The Hall–Kier alpha value is -2.93. The summed E-state index contributed by atoms with van der Waals surface area (Å²) in [5.74, 6) is -1.79. The summed E-state index contributed by atoms with van der Waals surface area (Å²) in [5, 5.41) is 14.7. The smallest absolute Gasteiger partial charge is 0.309 e. The van der Waals surface area contributed by atoms with Crippen molar-refractivity contribution in [1.29, 1.82) is 0 Å². The van der Waals surface area contributed by atoms with E-state index in [0.717, 1.165) is 5.56 Å². The molecule has 0 bridgehead atoms. The molecule has 0 unspecified atom stereocenters. The van der Waals surface area contributed by atoms with E-state index in [1.807, 2.05) is 44.2 Å². The largest absolute Gasteiger partial charge is 0.463 e. The van der Waals surface area contributed by atoms with E-state index in [1.165, 1.54) is 0 Å². The molecule has 194 valence electrons. The molecule has 1 rings (SSSR count). The number of carbonyl (C=O) groups is 3. The SMILES string of the molecule is C=CCC[C@H](Cc1ccccc1)C(=O)OC[C@@H](NC(=O)[C@@H](CC=C)CC(=O)N[C@@H](C)CO)C(C)C. The summed E-state index contributed by atoms with van der Waals surface area (Å²) in [6.45, 7) is 12.9. The fraction of sp³-hybridized carbons (Fsp3) is 0.536. The summed E-state index contributed by atoms with van der Waals surface area (Å²) in [7, 11) is 0. The van der Waals surface area contributed by atoms with E-state index in [1.54, 1.807) is 19.1 Å². The lowest BCUT2D eigenvalue weighted by atomic mass is 9.94. The Labute approximate surface area is 210 Å². The van der Waals surface area contributed by atoms with Crippen LogP contribution in [0.25, 0.3) is 0 Å². The number of hydrogen-bond donors (Lipinski definition) is 3. The predicted molar refractivity (Wildman–Crippen MR) is 138 cm³/mol. The van der Waals surface area contributed by atoms with E-state index < -0.39 is 12.0 Å². The maximum atomic E-state index is 13.0. The second kappa shape index (κ2) is 16.7. The fourth-order valence-corrected chi connectivity index (χ4v) is 3.60. The van der Waals surface area contributed by atoms with E-state index in [4.69, 9.17) is 9.84 Å². The van der Waals surface area contributed by atoms with E-state index >= 15 is 0 Å². The van der Waals surface area contributed by atoms with Gasteiger partial charge in [-0.15, -0.1) is 13.2 Å². The molecule has 0 saturated heterocycles. The number of carbonyl (C=O) groups excluding carboxylic acids is 3. The normalized spacial score (nSPS) is 14.3. The summed E-state index contributed by atoms with van der Waals surface area (Å²) < 4.78 is 5.67. The highest BCUT2D eigenvalue weighted by atomic mass is 16.5. The third kappa shape index (κ3) is 11.9. The van der Waals surface area contributed by atoms with Crippen molar-refractivity contribution < 1.29 is 24.2 Å². The van der Waals surface area contributed by atoms with Gasteiger partial charge in [-0.25, -0.2) is 0 Å². The molecule has 7 heteroatoms. The Morgan fingerprint density at radius 1 is 1.03 bits per heavy atom. The average molecular weight is 487 g/mol. The van der Waals surface area contributed by atoms with Crippen LogP contribution in [0, 0.1) is 17.8 Å². The first kappa shape index (κ1) is 30.1. The van der Waals surface area contributed by atoms with Crippen molar-refractivity contribution >= 4 is 17.8 Å². The van der Waals surface area contributed by atoms with Gasteiger partial charge in [-0.2, -0.15) is 0 Å². The number of amides is 2. The second-order valence-corrected chi connectivity index (χ2v) is 9.32. The number of nitrogens with one attached hydrogen (secondary N) is 2. The fourth-order valence-electron chi connectivity index (χ4n) is 3.60. The van der Waals surface area contributed by atoms with Crippen LogP contribution < -0.4 is 10.6 Å². The summed E-state index contributed by atoms with van der Waals surface area (Å²) in [4.78, 5) is 38.1. The van der Waals surface area contributed by atoms with Gasteiger partial charge in [0.25, 0.3) is 0 Å². The highest BCUT2D eigenvalue weighted by molar-refractivity contribution is 5.86. The number of aliphatic hydroxyl groups excluding tert-OH is 1. The van der Waals surface area contributed by atoms with Crippen LogP contribution >= 0.6 is 0 Å². The van der Waals surface area contributed by atoms with E-state index in [9.17, 15) is 14.4 Å². The van der Waals surface area contributed by atoms with E-state index in [0.29, 0.717) is 25.7 Å². The quantitative estimate of drug-likeness (QED) is 0.231. The molecule has 1 aromatic carbocycles. The lowest BCUT2D eigenvalue weighted by Crippen LogP contribution is -2.46. The first-order chi connectivity index (χ1) is 16.7. The highest BCUT2D eigenvalue weighted by Gasteiger charge is 2.27. The molecule has 0 aliphatic rings. The molecule has 0 fully saturated rings. The third-order valence-electron chi connectivity index (χ3n) is 5.85. The minimum absolute atomic E-state index is 0.0140. The van der Waals surface area contributed by atoms with Crippen LogP contribution in [0.1, 0.15) is 52.0 Å². The average Bonchev–Trinajstić information content (AvgIpc) is 2.83. The van der Waals surface area contributed by atoms with Gasteiger partial charge in [0.2, 0.25) is 11.8 Å². The van der Waals surface area contributed by atoms with Gasteiger partial charge >= 0.3 is 5.97 Å². The minimum atomic E-state index is -0.603. The first-order valence-electron chi connectivity index (χ1n) is 12.3.